The van der Waals surface area contributed by atoms with Crippen LogP contribution in [-0.4, -0.2) is 0 Å². The number of allylic oxidation sites excluding steroid dienone is 8. The molecule has 0 saturated heterocycles. The van der Waals surface area contributed by atoms with Crippen molar-refractivity contribution in [3.63, 3.8) is 0 Å². The molecule has 2 aliphatic carbocycles. The van der Waals surface area contributed by atoms with Gasteiger partial charge in [0.15, 0.2) is 0 Å². The van der Waals surface area contributed by atoms with Gasteiger partial charge in [-0.15, -0.1) is 12.4 Å². The van der Waals surface area contributed by atoms with Gasteiger partial charge in [-0.25, -0.2) is 0 Å². The topological polar surface area (TPSA) is 0 Å². The van der Waals surface area contributed by atoms with Gasteiger partial charge >= 0.3 is 130 Å². The van der Waals surface area contributed by atoms with Crippen molar-refractivity contribution in [3.8, 4) is 0 Å². The maximum Gasteiger partial charge on any atom is -0.147 e. The molecule has 0 heterocycles. The van der Waals surface area contributed by atoms with E-state index < -0.39 is 22.9 Å². The number of hydrogen-bond acceptors (Lipinski definition) is 0. The summed E-state index contributed by atoms with van der Waals surface area (Å²) in [6, 6.07) is 0. The molecule has 20 heavy (non-hydrogen) atoms. The molecule has 0 spiro atoms. The molecule has 0 nitrogen and oxygen atoms in total. The molecule has 0 bridgehead atoms. The Morgan fingerprint density at radius 1 is 0.750 bits per heavy atom. The first-order valence-electron chi connectivity index (χ1n) is 7.27. The Morgan fingerprint density at radius 3 is 1.40 bits per heavy atom. The minimum atomic E-state index is -0.825. The van der Waals surface area contributed by atoms with Crippen LogP contribution in [0.15, 0.2) is 42.1 Å². The zero-order valence-electron chi connectivity index (χ0n) is 13.6. The number of rotatable bonds is 2. The van der Waals surface area contributed by atoms with Crippen molar-refractivity contribution in [3.05, 3.63) is 42.1 Å². The van der Waals surface area contributed by atoms with Gasteiger partial charge in [0, 0.05) is 0 Å². The van der Waals surface area contributed by atoms with E-state index >= 15 is 0 Å². The molecule has 2 aliphatic rings. The predicted octanol–water partition coefficient (Wildman–Crippen LogP) is 6.01. The second-order valence-corrected chi connectivity index (χ2v) is 12.9. The Morgan fingerprint density at radius 2 is 1.10 bits per heavy atom. The zero-order chi connectivity index (χ0) is 14.3. The van der Waals surface area contributed by atoms with Gasteiger partial charge in [0.2, 0.25) is 0 Å². The molecule has 0 atom stereocenters. The van der Waals surface area contributed by atoms with Gasteiger partial charge in [-0.1, -0.05) is 0 Å². The molecule has 0 fully saturated rings. The molecular formula is C18H27ClHf. The van der Waals surface area contributed by atoms with E-state index in [0.717, 1.165) is 0 Å². The SMILES string of the molecule is CC(C)(C)C1=[C]([Hf][C]2=C(C(C)(C)C)C=CC2)CC=C1.Cl. The van der Waals surface area contributed by atoms with E-state index in [1.807, 2.05) is 6.66 Å². The Balaban J connectivity index is 0.00000200. The fraction of sp³-hybridized carbons (Fsp3) is 0.556. The molecule has 0 saturated carbocycles. The zero-order valence-corrected chi connectivity index (χ0v) is 18.0. The van der Waals surface area contributed by atoms with Gasteiger partial charge in [-0.05, 0) is 0 Å². The average Bonchev–Trinajstić information content (AvgIpc) is 2.83. The summed E-state index contributed by atoms with van der Waals surface area (Å²) in [6.07, 6.45) is 12.0. The molecule has 0 aliphatic heterocycles. The van der Waals surface area contributed by atoms with Crippen molar-refractivity contribution >= 4 is 12.4 Å². The third kappa shape index (κ3) is 4.07. The first-order valence-corrected chi connectivity index (χ1v) is 10.9. The number of halogens is 1. The summed E-state index contributed by atoms with van der Waals surface area (Å²) < 4.78 is 3.65. The molecule has 0 radical (unpaired) electrons. The Kier molecular flexibility index (Phi) is 5.89. The quantitative estimate of drug-likeness (QED) is 0.446. The maximum atomic E-state index is 2.39. The summed E-state index contributed by atoms with van der Waals surface area (Å²) in [7, 11) is 0. The summed E-state index contributed by atoms with van der Waals surface area (Å²) >= 11 is -0.825. The first kappa shape index (κ1) is 18.2. The standard InChI is InChI=1S/2C9H13.ClH.Hf/c2*1-9(2,3)8-6-4-5-7-8;;/h2*4,6H,5H2,1-3H3;1H;. The Hall–Kier alpha value is 0.120. The van der Waals surface area contributed by atoms with Gasteiger partial charge in [-0.2, -0.15) is 0 Å². The third-order valence-electron chi connectivity index (χ3n) is 3.78. The van der Waals surface area contributed by atoms with Crippen LogP contribution in [0.5, 0.6) is 0 Å². The average molecular weight is 457 g/mol. The molecule has 2 heteroatoms. The normalized spacial score (nSPS) is 18.9. The summed E-state index contributed by atoms with van der Waals surface area (Å²) in [5, 5.41) is 0. The molecule has 0 aromatic rings. The van der Waals surface area contributed by atoms with Gasteiger partial charge in [0.25, 0.3) is 0 Å². The van der Waals surface area contributed by atoms with Crippen molar-refractivity contribution in [1.82, 2.24) is 0 Å². The van der Waals surface area contributed by atoms with Crippen LogP contribution in [-0.2, 0) is 22.9 Å². The molecule has 110 valence electrons. The van der Waals surface area contributed by atoms with Crippen molar-refractivity contribution in [2.24, 2.45) is 10.8 Å². The maximum absolute atomic E-state index is 2.39. The second kappa shape index (κ2) is 6.48. The summed E-state index contributed by atoms with van der Waals surface area (Å²) in [5.74, 6) is 0. The summed E-state index contributed by atoms with van der Waals surface area (Å²) in [4.78, 5) is 0. The summed E-state index contributed by atoms with van der Waals surface area (Å²) in [5.41, 5.74) is 3.93. The van der Waals surface area contributed by atoms with Crippen molar-refractivity contribution in [1.29, 1.82) is 0 Å². The van der Waals surface area contributed by atoms with E-state index in [2.05, 4.69) is 65.8 Å². The summed E-state index contributed by atoms with van der Waals surface area (Å²) in [6.45, 7) is 14.1. The minimum absolute atomic E-state index is 0. The smallest absolute Gasteiger partial charge is 0.147 e. The molecular weight excluding hydrogens is 430 g/mol. The Bertz CT molecular complexity index is 444. The molecule has 0 N–H and O–H groups in total. The fourth-order valence-corrected chi connectivity index (χ4v) is 9.98. The molecule has 0 amide bonds. The van der Waals surface area contributed by atoms with E-state index in [1.165, 1.54) is 12.8 Å². The minimum Gasteiger partial charge on any atom is -0.147 e. The molecule has 0 aromatic carbocycles. The van der Waals surface area contributed by atoms with Gasteiger partial charge in [0.05, 0.1) is 0 Å². The predicted molar refractivity (Wildman–Crippen MR) is 87.7 cm³/mol. The van der Waals surface area contributed by atoms with Crippen molar-refractivity contribution in [2.75, 3.05) is 0 Å². The van der Waals surface area contributed by atoms with Crippen LogP contribution in [0, 0.1) is 10.8 Å². The van der Waals surface area contributed by atoms with Crippen LogP contribution < -0.4 is 0 Å². The van der Waals surface area contributed by atoms with Crippen LogP contribution in [0.1, 0.15) is 54.4 Å². The fourth-order valence-electron chi connectivity index (χ4n) is 2.83. The second-order valence-electron chi connectivity index (χ2n) is 7.62. The van der Waals surface area contributed by atoms with E-state index in [0.29, 0.717) is 10.8 Å². The number of hydrogen-bond donors (Lipinski definition) is 0. The van der Waals surface area contributed by atoms with Gasteiger partial charge in [0.1, 0.15) is 0 Å². The Labute approximate surface area is 142 Å². The molecule has 2 rings (SSSR count). The van der Waals surface area contributed by atoms with Crippen LogP contribution in [0.2, 0.25) is 0 Å². The van der Waals surface area contributed by atoms with Crippen LogP contribution >= 0.6 is 12.4 Å². The van der Waals surface area contributed by atoms with E-state index in [4.69, 9.17) is 0 Å². The van der Waals surface area contributed by atoms with Crippen LogP contribution in [0.3, 0.4) is 0 Å². The largest absolute Gasteiger partial charge is 0.147 e. The van der Waals surface area contributed by atoms with Crippen molar-refractivity contribution in [2.45, 2.75) is 54.4 Å². The van der Waals surface area contributed by atoms with E-state index in [-0.39, 0.29) is 12.4 Å². The van der Waals surface area contributed by atoms with Gasteiger partial charge in [-0.3, -0.25) is 0 Å². The molecule has 0 unspecified atom stereocenters. The van der Waals surface area contributed by atoms with E-state index in [9.17, 15) is 0 Å². The van der Waals surface area contributed by atoms with Crippen molar-refractivity contribution < 1.29 is 22.9 Å². The monoisotopic (exact) mass is 458 g/mol. The first-order chi connectivity index (χ1) is 8.69. The van der Waals surface area contributed by atoms with Crippen LogP contribution in [0.4, 0.5) is 0 Å². The van der Waals surface area contributed by atoms with Gasteiger partial charge < -0.3 is 0 Å². The van der Waals surface area contributed by atoms with Crippen LogP contribution in [0.25, 0.3) is 0 Å². The van der Waals surface area contributed by atoms with E-state index in [1.54, 1.807) is 11.1 Å². The molecule has 0 aromatic heterocycles. The third-order valence-corrected chi connectivity index (χ3v) is 9.35.